The van der Waals surface area contributed by atoms with Gasteiger partial charge in [-0.1, -0.05) is 0 Å². The Morgan fingerprint density at radius 3 is 2.47 bits per heavy atom. The number of nitrogens with zero attached hydrogens (tertiary/aromatic N) is 3. The average Bonchev–Trinajstić information content (AvgIpc) is 2.78. The van der Waals surface area contributed by atoms with E-state index in [1.165, 1.54) is 24.3 Å². The van der Waals surface area contributed by atoms with Crippen LogP contribution in [-0.2, 0) is 0 Å². The SMILES string of the molecule is O=[N+]([O-])c1ccc(-c2nnc(C(S)Cl)o2)cc1. The van der Waals surface area contributed by atoms with Crippen LogP contribution in [0.3, 0.4) is 0 Å². The Morgan fingerprint density at radius 2 is 2.00 bits per heavy atom. The number of halogens is 1. The van der Waals surface area contributed by atoms with Gasteiger partial charge in [-0.3, -0.25) is 10.1 Å². The second-order valence-electron chi connectivity index (χ2n) is 3.09. The van der Waals surface area contributed by atoms with Gasteiger partial charge in [-0.05, 0) is 12.1 Å². The van der Waals surface area contributed by atoms with Crippen molar-refractivity contribution in [1.82, 2.24) is 10.2 Å². The number of aromatic nitrogens is 2. The summed E-state index contributed by atoms with van der Waals surface area (Å²) >= 11 is 9.59. The first-order valence-electron chi connectivity index (χ1n) is 4.48. The molecule has 88 valence electrons. The molecule has 0 bridgehead atoms. The standard InChI is InChI=1S/C9H6ClN3O3S/c10-7(17)9-12-11-8(16-9)5-1-3-6(4-2-5)13(14)15/h1-4,7,17H. The second-order valence-corrected chi connectivity index (χ2v) is 4.34. The lowest BCUT2D eigenvalue weighted by Gasteiger charge is -1.95. The third-order valence-corrected chi connectivity index (χ3v) is 2.38. The Kier molecular flexibility index (Phi) is 3.30. The summed E-state index contributed by atoms with van der Waals surface area (Å²) in [5, 5.41) is 17.9. The lowest BCUT2D eigenvalue weighted by atomic mass is 10.2. The van der Waals surface area contributed by atoms with Crippen molar-refractivity contribution in [2.24, 2.45) is 0 Å². The molecular formula is C9H6ClN3O3S. The van der Waals surface area contributed by atoms with E-state index in [0.717, 1.165) is 0 Å². The molecule has 0 amide bonds. The molecule has 0 saturated carbocycles. The van der Waals surface area contributed by atoms with E-state index in [1.54, 1.807) is 0 Å². The van der Waals surface area contributed by atoms with Crippen molar-refractivity contribution in [1.29, 1.82) is 0 Å². The van der Waals surface area contributed by atoms with Crippen LogP contribution < -0.4 is 0 Å². The number of nitro groups is 1. The lowest BCUT2D eigenvalue weighted by molar-refractivity contribution is -0.384. The molecule has 1 unspecified atom stereocenters. The van der Waals surface area contributed by atoms with Crippen LogP contribution in [0.1, 0.15) is 10.6 Å². The predicted molar refractivity (Wildman–Crippen MR) is 64.0 cm³/mol. The fourth-order valence-electron chi connectivity index (χ4n) is 1.17. The van der Waals surface area contributed by atoms with Crippen LogP contribution in [0, 0.1) is 10.1 Å². The highest BCUT2D eigenvalue weighted by Gasteiger charge is 2.14. The van der Waals surface area contributed by atoms with Crippen LogP contribution in [-0.4, -0.2) is 15.1 Å². The minimum absolute atomic E-state index is 0.00194. The van der Waals surface area contributed by atoms with Crippen molar-refractivity contribution < 1.29 is 9.34 Å². The highest BCUT2D eigenvalue weighted by molar-refractivity contribution is 7.81. The molecule has 8 heteroatoms. The predicted octanol–water partition coefficient (Wildman–Crippen LogP) is 2.81. The first-order chi connectivity index (χ1) is 8.08. The van der Waals surface area contributed by atoms with Crippen molar-refractivity contribution in [2.75, 3.05) is 0 Å². The van der Waals surface area contributed by atoms with Crippen molar-refractivity contribution in [3.05, 3.63) is 40.3 Å². The third-order valence-electron chi connectivity index (χ3n) is 1.97. The Hall–Kier alpha value is -1.60. The van der Waals surface area contributed by atoms with Gasteiger partial charge >= 0.3 is 0 Å². The zero-order valence-electron chi connectivity index (χ0n) is 8.28. The molecule has 0 N–H and O–H groups in total. The fourth-order valence-corrected chi connectivity index (χ4v) is 1.37. The maximum Gasteiger partial charge on any atom is 0.269 e. The minimum atomic E-state index is -0.672. The lowest BCUT2D eigenvalue weighted by Crippen LogP contribution is -1.87. The molecule has 2 rings (SSSR count). The molecule has 0 spiro atoms. The average molecular weight is 272 g/mol. The van der Waals surface area contributed by atoms with Crippen molar-refractivity contribution in [3.63, 3.8) is 0 Å². The topological polar surface area (TPSA) is 82.1 Å². The molecule has 6 nitrogen and oxygen atoms in total. The number of benzene rings is 1. The number of nitro benzene ring substituents is 1. The molecule has 1 aromatic heterocycles. The van der Waals surface area contributed by atoms with E-state index in [2.05, 4.69) is 22.8 Å². The molecule has 2 aromatic rings. The van der Waals surface area contributed by atoms with Gasteiger partial charge in [-0.15, -0.1) is 21.8 Å². The van der Waals surface area contributed by atoms with Crippen molar-refractivity contribution in [3.8, 4) is 11.5 Å². The van der Waals surface area contributed by atoms with E-state index >= 15 is 0 Å². The monoisotopic (exact) mass is 271 g/mol. The maximum atomic E-state index is 10.5. The maximum absolute atomic E-state index is 10.5. The molecule has 0 aliphatic heterocycles. The molecule has 0 radical (unpaired) electrons. The molecule has 1 heterocycles. The number of hydrogen-bond donors (Lipinski definition) is 1. The van der Waals surface area contributed by atoms with E-state index in [4.69, 9.17) is 16.0 Å². The molecule has 0 aliphatic carbocycles. The summed E-state index contributed by atoms with van der Waals surface area (Å²) in [6, 6.07) is 5.77. The summed E-state index contributed by atoms with van der Waals surface area (Å²) in [5.74, 6) is 0.429. The van der Waals surface area contributed by atoms with E-state index in [9.17, 15) is 10.1 Å². The minimum Gasteiger partial charge on any atom is -0.418 e. The van der Waals surface area contributed by atoms with Gasteiger partial charge in [0.25, 0.3) is 5.69 Å². The van der Waals surface area contributed by atoms with Crippen LogP contribution in [0.5, 0.6) is 0 Å². The quantitative estimate of drug-likeness (QED) is 0.402. The first-order valence-corrected chi connectivity index (χ1v) is 5.43. The van der Waals surface area contributed by atoms with Gasteiger partial charge in [0.2, 0.25) is 11.8 Å². The second kappa shape index (κ2) is 4.72. The molecule has 17 heavy (non-hydrogen) atoms. The molecule has 1 aromatic carbocycles. The summed E-state index contributed by atoms with van der Waals surface area (Å²) in [6.07, 6.45) is 0. The number of hydrogen-bond acceptors (Lipinski definition) is 6. The van der Waals surface area contributed by atoms with Gasteiger partial charge in [0.05, 0.1) is 4.92 Å². The number of thiol groups is 1. The van der Waals surface area contributed by atoms with Crippen molar-refractivity contribution >= 4 is 29.9 Å². The highest BCUT2D eigenvalue weighted by atomic mass is 35.5. The Balaban J connectivity index is 2.30. The summed E-state index contributed by atoms with van der Waals surface area (Å²) in [7, 11) is 0. The molecule has 1 atom stereocenters. The van der Waals surface area contributed by atoms with Crippen LogP contribution in [0.4, 0.5) is 5.69 Å². The van der Waals surface area contributed by atoms with Crippen molar-refractivity contribution in [2.45, 2.75) is 4.71 Å². The van der Waals surface area contributed by atoms with Gasteiger partial charge in [0.15, 0.2) is 4.71 Å². The Bertz CT molecular complexity index is 541. The summed E-state index contributed by atoms with van der Waals surface area (Å²) in [5.41, 5.74) is 0.581. The summed E-state index contributed by atoms with van der Waals surface area (Å²) < 4.78 is 4.56. The van der Waals surface area contributed by atoms with Gasteiger partial charge in [0.1, 0.15) is 0 Å². The number of rotatable bonds is 3. The van der Waals surface area contributed by atoms with Gasteiger partial charge < -0.3 is 4.42 Å². The normalized spacial score (nSPS) is 12.4. The van der Waals surface area contributed by atoms with Crippen LogP contribution in [0.25, 0.3) is 11.5 Å². The zero-order chi connectivity index (χ0) is 12.4. The van der Waals surface area contributed by atoms with Crippen LogP contribution >= 0.6 is 24.2 Å². The summed E-state index contributed by atoms with van der Waals surface area (Å²) in [6.45, 7) is 0. The number of non-ortho nitro benzene ring substituents is 1. The Labute approximate surface area is 106 Å². The number of alkyl halides is 1. The fraction of sp³-hybridized carbons (Fsp3) is 0.111. The molecular weight excluding hydrogens is 266 g/mol. The zero-order valence-corrected chi connectivity index (χ0v) is 9.93. The van der Waals surface area contributed by atoms with Gasteiger partial charge in [-0.25, -0.2) is 0 Å². The molecule has 0 saturated heterocycles. The van der Waals surface area contributed by atoms with Crippen LogP contribution in [0.2, 0.25) is 0 Å². The van der Waals surface area contributed by atoms with E-state index < -0.39 is 9.63 Å². The smallest absolute Gasteiger partial charge is 0.269 e. The van der Waals surface area contributed by atoms with Gasteiger partial charge in [-0.2, -0.15) is 12.6 Å². The van der Waals surface area contributed by atoms with E-state index in [1.807, 2.05) is 0 Å². The first kappa shape index (κ1) is 11.9. The molecule has 0 fully saturated rings. The summed E-state index contributed by atoms with van der Waals surface area (Å²) in [4.78, 5) is 9.99. The van der Waals surface area contributed by atoms with Crippen LogP contribution in [0.15, 0.2) is 28.7 Å². The van der Waals surface area contributed by atoms with Gasteiger partial charge in [0, 0.05) is 17.7 Å². The van der Waals surface area contributed by atoms with E-state index in [0.29, 0.717) is 5.56 Å². The van der Waals surface area contributed by atoms with E-state index in [-0.39, 0.29) is 17.5 Å². The molecule has 0 aliphatic rings. The Morgan fingerprint density at radius 1 is 1.35 bits per heavy atom. The largest absolute Gasteiger partial charge is 0.418 e. The highest BCUT2D eigenvalue weighted by Crippen LogP contribution is 2.27. The third kappa shape index (κ3) is 2.56.